The SMILES string of the molecule is CCNC(Cc1nccn1C)CC1CCOC1. The van der Waals surface area contributed by atoms with Crippen molar-refractivity contribution in [1.82, 2.24) is 14.9 Å². The second-order valence-electron chi connectivity index (χ2n) is 4.88. The van der Waals surface area contributed by atoms with Gasteiger partial charge in [0.15, 0.2) is 0 Å². The van der Waals surface area contributed by atoms with E-state index in [9.17, 15) is 0 Å². The maximum Gasteiger partial charge on any atom is 0.109 e. The van der Waals surface area contributed by atoms with E-state index >= 15 is 0 Å². The predicted octanol–water partition coefficient (Wildman–Crippen LogP) is 1.37. The lowest BCUT2D eigenvalue weighted by Crippen LogP contribution is -2.34. The monoisotopic (exact) mass is 237 g/mol. The van der Waals surface area contributed by atoms with Gasteiger partial charge in [-0.15, -0.1) is 0 Å². The molecule has 1 aromatic rings. The minimum absolute atomic E-state index is 0.521. The highest BCUT2D eigenvalue weighted by atomic mass is 16.5. The Morgan fingerprint density at radius 3 is 3.12 bits per heavy atom. The maximum absolute atomic E-state index is 5.45. The van der Waals surface area contributed by atoms with Crippen LogP contribution < -0.4 is 5.32 Å². The fourth-order valence-corrected chi connectivity index (χ4v) is 2.51. The van der Waals surface area contributed by atoms with Crippen LogP contribution in [0.4, 0.5) is 0 Å². The third-order valence-corrected chi connectivity index (χ3v) is 3.48. The van der Waals surface area contributed by atoms with Crippen molar-refractivity contribution in [3.63, 3.8) is 0 Å². The summed E-state index contributed by atoms with van der Waals surface area (Å²) in [5.74, 6) is 1.88. The Morgan fingerprint density at radius 2 is 2.53 bits per heavy atom. The van der Waals surface area contributed by atoms with Gasteiger partial charge >= 0.3 is 0 Å². The number of likely N-dealkylation sites (N-methyl/N-ethyl adjacent to an activating group) is 1. The van der Waals surface area contributed by atoms with Crippen LogP contribution in [0.2, 0.25) is 0 Å². The molecule has 0 bridgehead atoms. The van der Waals surface area contributed by atoms with E-state index in [-0.39, 0.29) is 0 Å². The van der Waals surface area contributed by atoms with E-state index in [1.165, 1.54) is 12.8 Å². The van der Waals surface area contributed by atoms with Crippen LogP contribution in [0.15, 0.2) is 12.4 Å². The molecule has 2 atom stereocenters. The first-order valence-corrected chi connectivity index (χ1v) is 6.57. The number of hydrogen-bond acceptors (Lipinski definition) is 3. The molecular formula is C13H23N3O. The molecule has 17 heavy (non-hydrogen) atoms. The molecule has 2 rings (SSSR count). The zero-order chi connectivity index (χ0) is 12.1. The minimum Gasteiger partial charge on any atom is -0.381 e. The molecular weight excluding hydrogens is 214 g/mol. The summed E-state index contributed by atoms with van der Waals surface area (Å²) in [6.45, 7) is 5.05. The van der Waals surface area contributed by atoms with Gasteiger partial charge in [0, 0.05) is 45.1 Å². The highest BCUT2D eigenvalue weighted by Crippen LogP contribution is 2.19. The molecule has 0 saturated carbocycles. The molecule has 1 aliphatic rings. The number of aryl methyl sites for hydroxylation is 1. The first-order valence-electron chi connectivity index (χ1n) is 6.57. The Morgan fingerprint density at radius 1 is 1.65 bits per heavy atom. The summed E-state index contributed by atoms with van der Waals surface area (Å²) < 4.78 is 7.55. The number of nitrogens with zero attached hydrogens (tertiary/aromatic N) is 2. The molecule has 1 N–H and O–H groups in total. The normalized spacial score (nSPS) is 21.9. The van der Waals surface area contributed by atoms with Crippen molar-refractivity contribution in [2.45, 2.75) is 32.2 Å². The van der Waals surface area contributed by atoms with Gasteiger partial charge < -0.3 is 14.6 Å². The second kappa shape index (κ2) is 6.17. The van der Waals surface area contributed by atoms with Crippen LogP contribution in [-0.2, 0) is 18.2 Å². The second-order valence-corrected chi connectivity index (χ2v) is 4.88. The standard InChI is InChI=1S/C13H23N3O/c1-3-14-12(8-11-4-7-17-10-11)9-13-15-5-6-16(13)2/h5-6,11-12,14H,3-4,7-10H2,1-2H3. The van der Waals surface area contributed by atoms with Crippen LogP contribution in [0.1, 0.15) is 25.6 Å². The predicted molar refractivity (Wildman–Crippen MR) is 67.9 cm³/mol. The molecule has 1 aromatic heterocycles. The summed E-state index contributed by atoms with van der Waals surface area (Å²) in [7, 11) is 2.06. The van der Waals surface area contributed by atoms with E-state index in [4.69, 9.17) is 4.74 Å². The Kier molecular flexibility index (Phi) is 4.57. The third kappa shape index (κ3) is 3.54. The van der Waals surface area contributed by atoms with Crippen LogP contribution in [0.5, 0.6) is 0 Å². The largest absolute Gasteiger partial charge is 0.381 e. The van der Waals surface area contributed by atoms with Gasteiger partial charge in [-0.05, 0) is 25.3 Å². The van der Waals surface area contributed by atoms with Gasteiger partial charge in [0.05, 0.1) is 0 Å². The average molecular weight is 237 g/mol. The Hall–Kier alpha value is -0.870. The van der Waals surface area contributed by atoms with Gasteiger partial charge in [-0.2, -0.15) is 0 Å². The number of nitrogens with one attached hydrogen (secondary N) is 1. The highest BCUT2D eigenvalue weighted by molar-refractivity contribution is 4.95. The van der Waals surface area contributed by atoms with Crippen molar-refractivity contribution >= 4 is 0 Å². The average Bonchev–Trinajstić information content (AvgIpc) is 2.92. The lowest BCUT2D eigenvalue weighted by Gasteiger charge is -2.20. The third-order valence-electron chi connectivity index (χ3n) is 3.48. The van der Waals surface area contributed by atoms with Gasteiger partial charge in [0.2, 0.25) is 0 Å². The fourth-order valence-electron chi connectivity index (χ4n) is 2.51. The van der Waals surface area contributed by atoms with Crippen molar-refractivity contribution in [3.8, 4) is 0 Å². The van der Waals surface area contributed by atoms with Gasteiger partial charge in [0.25, 0.3) is 0 Å². The number of imidazole rings is 1. The minimum atomic E-state index is 0.521. The lowest BCUT2D eigenvalue weighted by molar-refractivity contribution is 0.181. The summed E-state index contributed by atoms with van der Waals surface area (Å²) >= 11 is 0. The van der Waals surface area contributed by atoms with E-state index in [1.54, 1.807) is 0 Å². The molecule has 0 aliphatic carbocycles. The Bertz CT molecular complexity index is 331. The van der Waals surface area contributed by atoms with Crippen molar-refractivity contribution in [2.75, 3.05) is 19.8 Å². The van der Waals surface area contributed by atoms with Crippen LogP contribution in [0.25, 0.3) is 0 Å². The fraction of sp³-hybridized carbons (Fsp3) is 0.769. The van der Waals surface area contributed by atoms with Crippen molar-refractivity contribution < 1.29 is 4.74 Å². The summed E-state index contributed by atoms with van der Waals surface area (Å²) in [6.07, 6.45) is 7.30. The molecule has 1 aliphatic heterocycles. The maximum atomic E-state index is 5.45. The number of aromatic nitrogens is 2. The topological polar surface area (TPSA) is 39.1 Å². The quantitative estimate of drug-likeness (QED) is 0.812. The molecule has 4 nitrogen and oxygen atoms in total. The first kappa shape index (κ1) is 12.6. The smallest absolute Gasteiger partial charge is 0.109 e. The first-order chi connectivity index (χ1) is 8.29. The van der Waals surface area contributed by atoms with Crippen molar-refractivity contribution in [1.29, 1.82) is 0 Å². The molecule has 2 unspecified atom stereocenters. The van der Waals surface area contributed by atoms with Gasteiger partial charge in [-0.3, -0.25) is 0 Å². The van der Waals surface area contributed by atoms with Gasteiger partial charge in [0.1, 0.15) is 5.82 Å². The molecule has 4 heteroatoms. The summed E-state index contributed by atoms with van der Waals surface area (Å²) in [5.41, 5.74) is 0. The molecule has 0 spiro atoms. The Labute approximate surface area is 103 Å². The zero-order valence-corrected chi connectivity index (χ0v) is 10.9. The molecule has 0 radical (unpaired) electrons. The molecule has 2 heterocycles. The molecule has 0 aromatic carbocycles. The van der Waals surface area contributed by atoms with Crippen LogP contribution in [-0.4, -0.2) is 35.4 Å². The summed E-state index contributed by atoms with van der Waals surface area (Å²) in [4.78, 5) is 4.40. The van der Waals surface area contributed by atoms with E-state index < -0.39 is 0 Å². The van der Waals surface area contributed by atoms with Crippen molar-refractivity contribution in [3.05, 3.63) is 18.2 Å². The van der Waals surface area contributed by atoms with Crippen LogP contribution >= 0.6 is 0 Å². The highest BCUT2D eigenvalue weighted by Gasteiger charge is 2.21. The van der Waals surface area contributed by atoms with Gasteiger partial charge in [-0.1, -0.05) is 6.92 Å². The van der Waals surface area contributed by atoms with E-state index in [2.05, 4.69) is 28.8 Å². The van der Waals surface area contributed by atoms with Crippen molar-refractivity contribution in [2.24, 2.45) is 13.0 Å². The number of rotatable bonds is 6. The van der Waals surface area contributed by atoms with E-state index in [0.29, 0.717) is 6.04 Å². The van der Waals surface area contributed by atoms with E-state index in [1.807, 2.05) is 12.4 Å². The van der Waals surface area contributed by atoms with Crippen LogP contribution in [0, 0.1) is 5.92 Å². The van der Waals surface area contributed by atoms with Crippen LogP contribution in [0.3, 0.4) is 0 Å². The summed E-state index contributed by atoms with van der Waals surface area (Å²) in [6, 6.07) is 0.521. The summed E-state index contributed by atoms with van der Waals surface area (Å²) in [5, 5.41) is 3.57. The zero-order valence-electron chi connectivity index (χ0n) is 10.9. The molecule has 1 saturated heterocycles. The molecule has 1 fully saturated rings. The lowest BCUT2D eigenvalue weighted by atomic mass is 9.97. The van der Waals surface area contributed by atoms with Gasteiger partial charge in [-0.25, -0.2) is 4.98 Å². The molecule has 96 valence electrons. The number of hydrogen-bond donors (Lipinski definition) is 1. The Balaban J connectivity index is 1.89. The number of ether oxygens (including phenoxy) is 1. The van der Waals surface area contributed by atoms with E-state index in [0.717, 1.165) is 37.9 Å². The molecule has 0 amide bonds.